The van der Waals surface area contributed by atoms with Crippen molar-refractivity contribution < 1.29 is 33.4 Å². The minimum Gasteiger partial charge on any atom is -0.497 e. The van der Waals surface area contributed by atoms with Crippen LogP contribution in [-0.2, 0) is 14.4 Å². The van der Waals surface area contributed by atoms with Gasteiger partial charge in [-0.3, -0.25) is 19.7 Å². The van der Waals surface area contributed by atoms with Gasteiger partial charge in [-0.25, -0.2) is 9.69 Å². The molecule has 1 heterocycles. The number of hydrogen-bond acceptors (Lipinski definition) is 7. The predicted molar refractivity (Wildman–Crippen MR) is 153 cm³/mol. The van der Waals surface area contributed by atoms with E-state index in [1.165, 1.54) is 25.3 Å². The molecule has 11 heteroatoms. The lowest BCUT2D eigenvalue weighted by Crippen LogP contribution is -2.54. The van der Waals surface area contributed by atoms with Crippen LogP contribution >= 0.6 is 15.9 Å². The Kier molecular flexibility index (Phi) is 8.85. The van der Waals surface area contributed by atoms with Crippen LogP contribution in [-0.4, -0.2) is 44.1 Å². The normalized spacial score (nSPS) is 14.2. The van der Waals surface area contributed by atoms with Crippen LogP contribution in [0.3, 0.4) is 0 Å². The number of carbonyl (C=O) groups is 4. The largest absolute Gasteiger partial charge is 0.497 e. The number of anilines is 2. The molecule has 1 aliphatic rings. The van der Waals surface area contributed by atoms with E-state index in [2.05, 4.69) is 26.6 Å². The first-order valence-corrected chi connectivity index (χ1v) is 13.0. The fourth-order valence-electron chi connectivity index (χ4n) is 3.90. The van der Waals surface area contributed by atoms with Crippen LogP contribution in [0.15, 0.2) is 70.7 Å². The van der Waals surface area contributed by atoms with Crippen molar-refractivity contribution in [3.05, 3.63) is 81.8 Å². The van der Waals surface area contributed by atoms with E-state index < -0.39 is 17.8 Å². The smallest absolute Gasteiger partial charge is 0.335 e. The van der Waals surface area contributed by atoms with Gasteiger partial charge in [-0.2, -0.15) is 0 Å². The second-order valence-corrected chi connectivity index (χ2v) is 9.42. The van der Waals surface area contributed by atoms with Crippen molar-refractivity contribution >= 4 is 57.1 Å². The molecule has 1 saturated heterocycles. The van der Waals surface area contributed by atoms with Crippen molar-refractivity contribution in [3.63, 3.8) is 0 Å². The molecule has 0 unspecified atom stereocenters. The predicted octanol–water partition coefficient (Wildman–Crippen LogP) is 4.85. The SMILES string of the molecule is CCOc1cc(/C=C2\C(=O)NC(=O)N(c3ccc(OC)cc3)C2=O)cc(Br)c1OCC(=O)Nc1ccccc1C. The molecule has 0 aliphatic carbocycles. The summed E-state index contributed by atoms with van der Waals surface area (Å²) < 4.78 is 17.1. The average molecular weight is 608 g/mol. The summed E-state index contributed by atoms with van der Waals surface area (Å²) in [5.74, 6) is -0.868. The maximum Gasteiger partial charge on any atom is 0.335 e. The molecule has 1 fully saturated rings. The van der Waals surface area contributed by atoms with Crippen LogP contribution in [0.1, 0.15) is 18.1 Å². The molecule has 206 valence electrons. The number of halogens is 1. The van der Waals surface area contributed by atoms with Crippen molar-refractivity contribution in [2.24, 2.45) is 0 Å². The molecule has 0 saturated carbocycles. The molecule has 0 bridgehead atoms. The maximum absolute atomic E-state index is 13.3. The first kappa shape index (κ1) is 28.4. The number of ether oxygens (including phenoxy) is 3. The number of methoxy groups -OCH3 is 1. The van der Waals surface area contributed by atoms with Gasteiger partial charge in [0.25, 0.3) is 17.7 Å². The van der Waals surface area contributed by atoms with Crippen molar-refractivity contribution in [2.45, 2.75) is 13.8 Å². The van der Waals surface area contributed by atoms with E-state index in [4.69, 9.17) is 14.2 Å². The summed E-state index contributed by atoms with van der Waals surface area (Å²) in [6, 6.07) is 16.0. The van der Waals surface area contributed by atoms with Gasteiger partial charge in [-0.1, -0.05) is 18.2 Å². The number of para-hydroxylation sites is 1. The van der Waals surface area contributed by atoms with Gasteiger partial charge in [0, 0.05) is 5.69 Å². The zero-order valence-electron chi connectivity index (χ0n) is 21.9. The second-order valence-electron chi connectivity index (χ2n) is 8.57. The molecule has 1 aliphatic heterocycles. The molecule has 0 radical (unpaired) electrons. The number of nitrogens with one attached hydrogen (secondary N) is 2. The van der Waals surface area contributed by atoms with E-state index in [0.29, 0.717) is 27.2 Å². The third-order valence-electron chi connectivity index (χ3n) is 5.84. The van der Waals surface area contributed by atoms with Crippen molar-refractivity contribution in [1.29, 1.82) is 0 Å². The molecule has 4 rings (SSSR count). The van der Waals surface area contributed by atoms with Gasteiger partial charge in [0.15, 0.2) is 18.1 Å². The highest BCUT2D eigenvalue weighted by Gasteiger charge is 2.37. The molecule has 0 spiro atoms. The first-order valence-electron chi connectivity index (χ1n) is 12.2. The van der Waals surface area contributed by atoms with E-state index in [9.17, 15) is 19.2 Å². The number of benzene rings is 3. The number of urea groups is 1. The van der Waals surface area contributed by atoms with Gasteiger partial charge >= 0.3 is 6.03 Å². The Morgan fingerprint density at radius 1 is 1.05 bits per heavy atom. The lowest BCUT2D eigenvalue weighted by atomic mass is 10.1. The van der Waals surface area contributed by atoms with Gasteiger partial charge in [0.2, 0.25) is 0 Å². The summed E-state index contributed by atoms with van der Waals surface area (Å²) in [7, 11) is 1.50. The number of aryl methyl sites for hydroxylation is 1. The summed E-state index contributed by atoms with van der Waals surface area (Å²) in [5.41, 5.74) is 2.04. The molecule has 2 N–H and O–H groups in total. The third-order valence-corrected chi connectivity index (χ3v) is 6.43. The quantitative estimate of drug-likeness (QED) is 0.263. The summed E-state index contributed by atoms with van der Waals surface area (Å²) in [6.45, 7) is 3.67. The molecule has 40 heavy (non-hydrogen) atoms. The number of rotatable bonds is 9. The summed E-state index contributed by atoms with van der Waals surface area (Å²) in [5, 5.41) is 5.00. The Bertz CT molecular complexity index is 1500. The fraction of sp³-hybridized carbons (Fsp3) is 0.172. The Morgan fingerprint density at radius 3 is 2.45 bits per heavy atom. The van der Waals surface area contributed by atoms with Gasteiger partial charge in [0.05, 0.1) is 23.9 Å². The van der Waals surface area contributed by atoms with Crippen LogP contribution in [0, 0.1) is 6.92 Å². The standard InChI is InChI=1S/C29H26BrN3O7/c1-4-39-24-15-18(14-22(30)26(24)40-16-25(34)31-23-8-6-5-7-17(23)2)13-21-27(35)32-29(37)33(28(21)36)19-9-11-20(38-3)12-10-19/h5-15H,4,16H2,1-3H3,(H,31,34)(H,32,35,37)/b21-13+. The highest BCUT2D eigenvalue weighted by Crippen LogP contribution is 2.38. The van der Waals surface area contributed by atoms with E-state index in [0.717, 1.165) is 10.5 Å². The topological polar surface area (TPSA) is 123 Å². The van der Waals surface area contributed by atoms with Crippen LogP contribution in [0.4, 0.5) is 16.2 Å². The molecule has 3 aromatic rings. The van der Waals surface area contributed by atoms with Crippen LogP contribution in [0.2, 0.25) is 0 Å². The van der Waals surface area contributed by atoms with Gasteiger partial charge in [-0.15, -0.1) is 0 Å². The molecular formula is C29H26BrN3O7. The third kappa shape index (κ3) is 6.32. The second kappa shape index (κ2) is 12.5. The van der Waals surface area contributed by atoms with E-state index in [1.54, 1.807) is 37.3 Å². The minimum absolute atomic E-state index is 0.254. The van der Waals surface area contributed by atoms with Crippen molar-refractivity contribution in [2.75, 3.05) is 30.5 Å². The number of amides is 5. The highest BCUT2D eigenvalue weighted by atomic mass is 79.9. The van der Waals surface area contributed by atoms with Crippen LogP contribution in [0.25, 0.3) is 6.08 Å². The molecular weight excluding hydrogens is 582 g/mol. The fourth-order valence-corrected chi connectivity index (χ4v) is 4.48. The first-order chi connectivity index (χ1) is 19.2. The van der Waals surface area contributed by atoms with E-state index >= 15 is 0 Å². The zero-order chi connectivity index (χ0) is 28.8. The van der Waals surface area contributed by atoms with Gasteiger partial charge in [-0.05, 0) is 89.4 Å². The average Bonchev–Trinajstić information content (AvgIpc) is 2.92. The minimum atomic E-state index is -0.860. The number of hydrogen-bond donors (Lipinski definition) is 2. The maximum atomic E-state index is 13.3. The molecule has 0 atom stereocenters. The summed E-state index contributed by atoms with van der Waals surface area (Å²) in [4.78, 5) is 51.8. The highest BCUT2D eigenvalue weighted by molar-refractivity contribution is 9.10. The van der Waals surface area contributed by atoms with Gasteiger partial charge in [0.1, 0.15) is 11.3 Å². The lowest BCUT2D eigenvalue weighted by molar-refractivity contribution is -0.122. The van der Waals surface area contributed by atoms with Crippen molar-refractivity contribution in [1.82, 2.24) is 5.32 Å². The number of barbiturate groups is 1. The Morgan fingerprint density at radius 2 is 1.77 bits per heavy atom. The van der Waals surface area contributed by atoms with Crippen molar-refractivity contribution in [3.8, 4) is 17.2 Å². The van der Waals surface area contributed by atoms with Crippen LogP contribution in [0.5, 0.6) is 17.2 Å². The number of nitrogens with zero attached hydrogens (tertiary/aromatic N) is 1. The van der Waals surface area contributed by atoms with Gasteiger partial charge < -0.3 is 19.5 Å². The molecule has 5 amide bonds. The van der Waals surface area contributed by atoms with E-state index in [-0.39, 0.29) is 36.1 Å². The van der Waals surface area contributed by atoms with Crippen LogP contribution < -0.4 is 29.7 Å². The summed E-state index contributed by atoms with van der Waals surface area (Å²) >= 11 is 3.44. The lowest BCUT2D eigenvalue weighted by Gasteiger charge is -2.26. The Hall–Kier alpha value is -4.64. The Labute approximate surface area is 239 Å². The monoisotopic (exact) mass is 607 g/mol. The molecule has 0 aromatic heterocycles. The number of imide groups is 2. The Balaban J connectivity index is 1.58. The summed E-state index contributed by atoms with van der Waals surface area (Å²) in [6.07, 6.45) is 1.35. The molecule has 10 nitrogen and oxygen atoms in total. The molecule has 3 aromatic carbocycles. The number of carbonyl (C=O) groups excluding carboxylic acids is 4. The van der Waals surface area contributed by atoms with E-state index in [1.807, 2.05) is 25.1 Å². The zero-order valence-corrected chi connectivity index (χ0v) is 23.5.